The van der Waals surface area contributed by atoms with Crippen molar-refractivity contribution in [1.82, 2.24) is 4.90 Å². The molecule has 4 rings (SSSR count). The van der Waals surface area contributed by atoms with Crippen LogP contribution in [0, 0.1) is 0 Å². The number of hydrogen-bond donors (Lipinski definition) is 1. The molecule has 1 saturated heterocycles. The fourth-order valence-corrected chi connectivity index (χ4v) is 4.47. The third-order valence-corrected chi connectivity index (χ3v) is 6.01. The fraction of sp³-hybridized carbons (Fsp3) is 0.400. The minimum absolute atomic E-state index is 0.215. The zero-order valence-electron chi connectivity index (χ0n) is 18.7. The Bertz CT molecular complexity index is 899. The second-order valence-electron chi connectivity index (χ2n) is 6.74. The number of piperazine rings is 1. The molecule has 0 aliphatic carbocycles. The molecule has 0 radical (unpaired) electrons. The van der Waals surface area contributed by atoms with Gasteiger partial charge in [0.1, 0.15) is 0 Å². The summed E-state index contributed by atoms with van der Waals surface area (Å²) in [5.74, 6) is 0.215. The number of benzene rings is 2. The van der Waals surface area contributed by atoms with Gasteiger partial charge in [-0.1, -0.05) is 45.9 Å². The average molecular weight is 426 g/mol. The standard InChI is InChI=1S/C21H23N3OS.2C2H6/c22-16-6-7-21-18(14-16)19(15-26-21)20(25)8-9-23-10-12-24(13-11-23)17-4-2-1-3-5-17;2*1-2/h1-7,14-15H,8-13,22H2;2*1-2H3. The van der Waals surface area contributed by atoms with Crippen molar-refractivity contribution in [2.75, 3.05) is 43.4 Å². The van der Waals surface area contributed by atoms with E-state index in [1.165, 1.54) is 5.69 Å². The maximum atomic E-state index is 12.7. The van der Waals surface area contributed by atoms with Gasteiger partial charge < -0.3 is 10.6 Å². The SMILES string of the molecule is CC.CC.Nc1ccc2scc(C(=O)CCN3CCN(c4ccccc4)CC3)c2c1. The van der Waals surface area contributed by atoms with Gasteiger partial charge in [0, 0.05) is 71.5 Å². The van der Waals surface area contributed by atoms with Crippen molar-refractivity contribution in [1.29, 1.82) is 0 Å². The number of para-hydroxylation sites is 1. The zero-order valence-corrected chi connectivity index (χ0v) is 19.5. The van der Waals surface area contributed by atoms with Gasteiger partial charge in [-0.25, -0.2) is 0 Å². The number of rotatable bonds is 5. The summed E-state index contributed by atoms with van der Waals surface area (Å²) in [6.07, 6.45) is 0.561. The highest BCUT2D eigenvalue weighted by molar-refractivity contribution is 7.17. The molecule has 5 heteroatoms. The van der Waals surface area contributed by atoms with Crippen molar-refractivity contribution in [2.45, 2.75) is 34.1 Å². The molecule has 2 N–H and O–H groups in total. The van der Waals surface area contributed by atoms with Crippen molar-refractivity contribution in [2.24, 2.45) is 0 Å². The van der Waals surface area contributed by atoms with E-state index in [1.807, 2.05) is 57.3 Å². The van der Waals surface area contributed by atoms with Crippen molar-refractivity contribution in [3.63, 3.8) is 0 Å². The van der Waals surface area contributed by atoms with E-state index in [1.54, 1.807) is 11.3 Å². The predicted octanol–water partition coefficient (Wildman–Crippen LogP) is 5.93. The Morgan fingerprint density at radius 2 is 1.63 bits per heavy atom. The third-order valence-electron chi connectivity index (χ3n) is 5.05. The molecule has 2 aromatic carbocycles. The van der Waals surface area contributed by atoms with E-state index in [0.29, 0.717) is 12.1 Å². The molecule has 2 heterocycles. The lowest BCUT2D eigenvalue weighted by Crippen LogP contribution is -2.46. The molecule has 1 aliphatic heterocycles. The minimum Gasteiger partial charge on any atom is -0.399 e. The van der Waals surface area contributed by atoms with Gasteiger partial charge in [-0.05, 0) is 30.3 Å². The molecule has 0 spiro atoms. The molecular formula is C25H35N3OS. The first kappa shape index (κ1) is 23.9. The number of carbonyl (C=O) groups is 1. The molecule has 3 aromatic rings. The first-order valence-corrected chi connectivity index (χ1v) is 11.9. The van der Waals surface area contributed by atoms with Gasteiger partial charge in [-0.2, -0.15) is 0 Å². The monoisotopic (exact) mass is 425 g/mol. The van der Waals surface area contributed by atoms with E-state index >= 15 is 0 Å². The molecular weight excluding hydrogens is 390 g/mol. The summed E-state index contributed by atoms with van der Waals surface area (Å²) in [6.45, 7) is 12.8. The molecule has 1 fully saturated rings. The van der Waals surface area contributed by atoms with E-state index < -0.39 is 0 Å². The molecule has 4 nitrogen and oxygen atoms in total. The van der Waals surface area contributed by atoms with Crippen LogP contribution >= 0.6 is 11.3 Å². The van der Waals surface area contributed by atoms with Crippen LogP contribution in [0.15, 0.2) is 53.9 Å². The number of fused-ring (bicyclic) bond motifs is 1. The van der Waals surface area contributed by atoms with Gasteiger partial charge in [0.15, 0.2) is 5.78 Å². The Balaban J connectivity index is 0.000000757. The van der Waals surface area contributed by atoms with Crippen LogP contribution in [0.2, 0.25) is 0 Å². The van der Waals surface area contributed by atoms with Crippen LogP contribution in [-0.2, 0) is 0 Å². The van der Waals surface area contributed by atoms with Gasteiger partial charge in [0.05, 0.1) is 0 Å². The summed E-state index contributed by atoms with van der Waals surface area (Å²) < 4.78 is 1.12. The van der Waals surface area contributed by atoms with Crippen LogP contribution in [0.5, 0.6) is 0 Å². The van der Waals surface area contributed by atoms with Crippen molar-refractivity contribution >= 4 is 38.6 Å². The average Bonchev–Trinajstić information content (AvgIpc) is 3.24. The highest BCUT2D eigenvalue weighted by Gasteiger charge is 2.19. The number of anilines is 2. The van der Waals surface area contributed by atoms with E-state index in [9.17, 15) is 4.79 Å². The van der Waals surface area contributed by atoms with E-state index in [2.05, 4.69) is 34.1 Å². The van der Waals surface area contributed by atoms with Crippen LogP contribution in [0.25, 0.3) is 10.1 Å². The highest BCUT2D eigenvalue weighted by atomic mass is 32.1. The second kappa shape index (κ2) is 12.4. The Morgan fingerprint density at radius 3 is 2.30 bits per heavy atom. The van der Waals surface area contributed by atoms with Gasteiger partial charge in [0.25, 0.3) is 0 Å². The van der Waals surface area contributed by atoms with Crippen LogP contribution in [0.4, 0.5) is 11.4 Å². The maximum Gasteiger partial charge on any atom is 0.165 e. The summed E-state index contributed by atoms with van der Waals surface area (Å²) in [5.41, 5.74) is 8.70. The van der Waals surface area contributed by atoms with Gasteiger partial charge >= 0.3 is 0 Å². The van der Waals surface area contributed by atoms with Crippen LogP contribution in [0.3, 0.4) is 0 Å². The number of carbonyl (C=O) groups excluding carboxylic acids is 1. The van der Waals surface area contributed by atoms with Crippen molar-refractivity contribution in [3.8, 4) is 0 Å². The number of thiophene rings is 1. The number of Topliss-reactive ketones (excluding diaryl/α,β-unsaturated/α-hetero) is 1. The molecule has 0 saturated carbocycles. The number of nitrogens with zero attached hydrogens (tertiary/aromatic N) is 2. The largest absolute Gasteiger partial charge is 0.399 e. The maximum absolute atomic E-state index is 12.7. The summed E-state index contributed by atoms with van der Waals surface area (Å²) >= 11 is 1.61. The first-order chi connectivity index (χ1) is 14.7. The summed E-state index contributed by atoms with van der Waals surface area (Å²) in [7, 11) is 0. The van der Waals surface area contributed by atoms with Gasteiger partial charge in [-0.3, -0.25) is 9.69 Å². The number of ketones is 1. The minimum atomic E-state index is 0.215. The van der Waals surface area contributed by atoms with Crippen LogP contribution in [0.1, 0.15) is 44.5 Å². The Hall–Kier alpha value is -2.37. The lowest BCUT2D eigenvalue weighted by atomic mass is 10.1. The van der Waals surface area contributed by atoms with Crippen molar-refractivity contribution < 1.29 is 4.79 Å². The molecule has 0 atom stereocenters. The van der Waals surface area contributed by atoms with E-state index in [-0.39, 0.29) is 5.78 Å². The summed E-state index contributed by atoms with van der Waals surface area (Å²) in [6, 6.07) is 16.3. The molecule has 0 amide bonds. The van der Waals surface area contributed by atoms with E-state index in [0.717, 1.165) is 48.4 Å². The molecule has 0 unspecified atom stereocenters. The van der Waals surface area contributed by atoms with Crippen molar-refractivity contribution in [3.05, 3.63) is 59.5 Å². The fourth-order valence-electron chi connectivity index (χ4n) is 3.53. The predicted molar refractivity (Wildman–Crippen MR) is 133 cm³/mol. The van der Waals surface area contributed by atoms with Gasteiger partial charge in [0.2, 0.25) is 0 Å². The van der Waals surface area contributed by atoms with E-state index in [4.69, 9.17) is 5.73 Å². The Kier molecular flexibility index (Phi) is 9.84. The number of nitrogen functional groups attached to an aromatic ring is 1. The molecule has 30 heavy (non-hydrogen) atoms. The Labute approximate surface area is 185 Å². The molecule has 0 bridgehead atoms. The molecule has 1 aliphatic rings. The normalized spacial score (nSPS) is 13.8. The van der Waals surface area contributed by atoms with Gasteiger partial charge in [-0.15, -0.1) is 11.3 Å². The molecule has 162 valence electrons. The Morgan fingerprint density at radius 1 is 0.967 bits per heavy atom. The lowest BCUT2D eigenvalue weighted by Gasteiger charge is -2.36. The topological polar surface area (TPSA) is 49.6 Å². The smallest absolute Gasteiger partial charge is 0.165 e. The lowest BCUT2D eigenvalue weighted by molar-refractivity contribution is 0.0964. The quantitative estimate of drug-likeness (QED) is 0.406. The number of hydrogen-bond acceptors (Lipinski definition) is 5. The first-order valence-electron chi connectivity index (χ1n) is 11.0. The van der Waals surface area contributed by atoms with Crippen LogP contribution < -0.4 is 10.6 Å². The zero-order chi connectivity index (χ0) is 21.9. The summed E-state index contributed by atoms with van der Waals surface area (Å²) in [5, 5.41) is 2.97. The number of nitrogens with two attached hydrogens (primary N) is 1. The van der Waals surface area contributed by atoms with Crippen LogP contribution in [-0.4, -0.2) is 43.4 Å². The molecule has 1 aromatic heterocycles. The highest BCUT2D eigenvalue weighted by Crippen LogP contribution is 2.28. The summed E-state index contributed by atoms with van der Waals surface area (Å²) in [4.78, 5) is 17.5. The third kappa shape index (κ3) is 6.07. The second-order valence-corrected chi connectivity index (χ2v) is 7.65.